The third-order valence-corrected chi connectivity index (χ3v) is 3.26. The van der Waals surface area contributed by atoms with E-state index in [1.807, 2.05) is 32.0 Å². The Morgan fingerprint density at radius 1 is 1.20 bits per heavy atom. The van der Waals surface area contributed by atoms with Gasteiger partial charge in [0.25, 0.3) is 5.91 Å². The van der Waals surface area contributed by atoms with Gasteiger partial charge in [-0.2, -0.15) is 0 Å². The number of ether oxygens (including phenoxy) is 1. The van der Waals surface area contributed by atoms with Gasteiger partial charge < -0.3 is 10.1 Å². The third-order valence-electron chi connectivity index (χ3n) is 2.86. The van der Waals surface area contributed by atoms with Crippen LogP contribution in [0.5, 0.6) is 5.75 Å². The van der Waals surface area contributed by atoms with Gasteiger partial charge in [0, 0.05) is 16.3 Å². The van der Waals surface area contributed by atoms with Gasteiger partial charge >= 0.3 is 0 Å². The highest BCUT2D eigenvalue weighted by Gasteiger charge is 2.07. The molecule has 20 heavy (non-hydrogen) atoms. The molecule has 0 aliphatic heterocycles. The third kappa shape index (κ3) is 3.52. The lowest BCUT2D eigenvalue weighted by molar-refractivity contribution is 0.102. The number of rotatable bonds is 4. The van der Waals surface area contributed by atoms with E-state index in [9.17, 15) is 4.79 Å². The monoisotopic (exact) mass is 289 g/mol. The maximum absolute atomic E-state index is 12.1. The molecule has 0 heterocycles. The van der Waals surface area contributed by atoms with Crippen LogP contribution in [0.3, 0.4) is 0 Å². The van der Waals surface area contributed by atoms with Crippen molar-refractivity contribution < 1.29 is 9.53 Å². The highest BCUT2D eigenvalue weighted by atomic mass is 35.5. The molecule has 1 amide bonds. The highest BCUT2D eigenvalue weighted by Crippen LogP contribution is 2.19. The van der Waals surface area contributed by atoms with E-state index < -0.39 is 0 Å². The molecule has 0 bridgehead atoms. The van der Waals surface area contributed by atoms with Gasteiger partial charge in [-0.25, -0.2) is 0 Å². The average molecular weight is 290 g/mol. The summed E-state index contributed by atoms with van der Waals surface area (Å²) in [6.07, 6.45) is 0. The van der Waals surface area contributed by atoms with E-state index in [4.69, 9.17) is 16.3 Å². The number of hydrogen-bond donors (Lipinski definition) is 1. The van der Waals surface area contributed by atoms with Crippen LogP contribution in [0.1, 0.15) is 22.8 Å². The number of carbonyl (C=O) groups excluding carboxylic acids is 1. The zero-order chi connectivity index (χ0) is 14.5. The topological polar surface area (TPSA) is 38.3 Å². The quantitative estimate of drug-likeness (QED) is 0.911. The predicted molar refractivity (Wildman–Crippen MR) is 81.8 cm³/mol. The van der Waals surface area contributed by atoms with Gasteiger partial charge in [-0.15, -0.1) is 0 Å². The number of halogens is 1. The number of amides is 1. The minimum absolute atomic E-state index is 0.184. The van der Waals surface area contributed by atoms with Crippen molar-refractivity contribution in [1.29, 1.82) is 0 Å². The molecule has 1 N–H and O–H groups in total. The Labute approximate surface area is 123 Å². The first-order valence-corrected chi connectivity index (χ1v) is 6.78. The summed E-state index contributed by atoms with van der Waals surface area (Å²) in [4.78, 5) is 12.1. The summed E-state index contributed by atoms with van der Waals surface area (Å²) >= 11 is 6.02. The molecule has 4 heteroatoms. The van der Waals surface area contributed by atoms with Crippen molar-refractivity contribution in [2.75, 3.05) is 11.9 Å². The Morgan fingerprint density at radius 3 is 2.50 bits per heavy atom. The van der Waals surface area contributed by atoms with Crippen molar-refractivity contribution >= 4 is 23.2 Å². The van der Waals surface area contributed by atoms with Crippen molar-refractivity contribution in [1.82, 2.24) is 0 Å². The van der Waals surface area contributed by atoms with Gasteiger partial charge in [0.05, 0.1) is 6.61 Å². The molecular formula is C16H16ClNO2. The molecule has 0 aliphatic carbocycles. The van der Waals surface area contributed by atoms with Crippen molar-refractivity contribution in [3.05, 3.63) is 58.6 Å². The van der Waals surface area contributed by atoms with E-state index in [0.29, 0.717) is 17.2 Å². The first-order chi connectivity index (χ1) is 9.60. The Kier molecular flexibility index (Phi) is 4.64. The molecule has 0 fully saturated rings. The van der Waals surface area contributed by atoms with Gasteiger partial charge in [0.1, 0.15) is 5.75 Å². The molecule has 0 unspecified atom stereocenters. The fraction of sp³-hybridized carbons (Fsp3) is 0.188. The summed E-state index contributed by atoms with van der Waals surface area (Å²) < 4.78 is 5.35. The van der Waals surface area contributed by atoms with Gasteiger partial charge in [-0.05, 0) is 55.8 Å². The second-order valence-corrected chi connectivity index (χ2v) is 4.78. The lowest BCUT2D eigenvalue weighted by atomic mass is 10.1. The maximum Gasteiger partial charge on any atom is 0.255 e. The molecule has 2 rings (SSSR count). The molecule has 0 saturated carbocycles. The zero-order valence-corrected chi connectivity index (χ0v) is 12.2. The van der Waals surface area contributed by atoms with E-state index >= 15 is 0 Å². The summed E-state index contributed by atoms with van der Waals surface area (Å²) in [5, 5.41) is 3.41. The molecule has 0 spiro atoms. The molecular weight excluding hydrogens is 274 g/mol. The fourth-order valence-electron chi connectivity index (χ4n) is 1.74. The molecule has 3 nitrogen and oxygen atoms in total. The lowest BCUT2D eigenvalue weighted by Gasteiger charge is -2.08. The van der Waals surface area contributed by atoms with Crippen LogP contribution in [0.15, 0.2) is 42.5 Å². The second kappa shape index (κ2) is 6.44. The number of aryl methyl sites for hydroxylation is 1. The number of nitrogens with one attached hydrogen (secondary N) is 1. The molecule has 0 saturated heterocycles. The molecule has 104 valence electrons. The summed E-state index contributed by atoms with van der Waals surface area (Å²) in [5.41, 5.74) is 2.20. The standard InChI is InChI=1S/C16H16ClNO2/c1-3-20-14-8-6-13(7-9-14)18-16(19)12-5-4-11(2)15(17)10-12/h4-10H,3H2,1-2H3,(H,18,19). The van der Waals surface area contributed by atoms with Gasteiger partial charge in [-0.1, -0.05) is 17.7 Å². The van der Waals surface area contributed by atoms with E-state index in [1.54, 1.807) is 24.3 Å². The molecule has 2 aromatic rings. The van der Waals surface area contributed by atoms with Crippen LogP contribution in [0.4, 0.5) is 5.69 Å². The van der Waals surface area contributed by atoms with E-state index in [-0.39, 0.29) is 5.91 Å². The summed E-state index contributed by atoms with van der Waals surface area (Å²) in [6, 6.07) is 12.5. The van der Waals surface area contributed by atoms with Crippen LogP contribution < -0.4 is 10.1 Å². The van der Waals surface area contributed by atoms with Gasteiger partial charge in [0.2, 0.25) is 0 Å². The van der Waals surface area contributed by atoms with Crippen LogP contribution in [0.25, 0.3) is 0 Å². The van der Waals surface area contributed by atoms with E-state index in [2.05, 4.69) is 5.32 Å². The zero-order valence-electron chi connectivity index (χ0n) is 11.4. The van der Waals surface area contributed by atoms with Gasteiger partial charge in [-0.3, -0.25) is 4.79 Å². The van der Waals surface area contributed by atoms with Crippen LogP contribution >= 0.6 is 11.6 Å². The van der Waals surface area contributed by atoms with E-state index in [1.165, 1.54) is 0 Å². The smallest absolute Gasteiger partial charge is 0.255 e. The normalized spacial score (nSPS) is 10.2. The second-order valence-electron chi connectivity index (χ2n) is 4.38. The minimum atomic E-state index is -0.184. The number of hydrogen-bond acceptors (Lipinski definition) is 2. The largest absolute Gasteiger partial charge is 0.494 e. The van der Waals surface area contributed by atoms with Crippen molar-refractivity contribution in [2.45, 2.75) is 13.8 Å². The highest BCUT2D eigenvalue weighted by molar-refractivity contribution is 6.31. The Hall–Kier alpha value is -2.00. The number of carbonyl (C=O) groups is 1. The minimum Gasteiger partial charge on any atom is -0.494 e. The van der Waals surface area contributed by atoms with Crippen LogP contribution in [-0.4, -0.2) is 12.5 Å². The summed E-state index contributed by atoms with van der Waals surface area (Å²) in [5.74, 6) is 0.597. The summed E-state index contributed by atoms with van der Waals surface area (Å²) in [6.45, 7) is 4.45. The van der Waals surface area contributed by atoms with Crippen LogP contribution in [0.2, 0.25) is 5.02 Å². The van der Waals surface area contributed by atoms with Gasteiger partial charge in [0.15, 0.2) is 0 Å². The molecule has 0 aliphatic rings. The Morgan fingerprint density at radius 2 is 1.90 bits per heavy atom. The van der Waals surface area contributed by atoms with E-state index in [0.717, 1.165) is 17.0 Å². The Bertz CT molecular complexity index is 608. The number of anilines is 1. The van der Waals surface area contributed by atoms with Crippen molar-refractivity contribution in [3.63, 3.8) is 0 Å². The fourth-order valence-corrected chi connectivity index (χ4v) is 1.92. The molecule has 0 aromatic heterocycles. The van der Waals surface area contributed by atoms with Crippen LogP contribution in [-0.2, 0) is 0 Å². The average Bonchev–Trinajstić information content (AvgIpc) is 2.44. The maximum atomic E-state index is 12.1. The Balaban J connectivity index is 2.08. The molecule has 0 atom stereocenters. The lowest BCUT2D eigenvalue weighted by Crippen LogP contribution is -2.11. The van der Waals surface area contributed by atoms with Crippen LogP contribution in [0, 0.1) is 6.92 Å². The predicted octanol–water partition coefficient (Wildman–Crippen LogP) is 4.30. The summed E-state index contributed by atoms with van der Waals surface area (Å²) in [7, 11) is 0. The molecule has 0 radical (unpaired) electrons. The first kappa shape index (κ1) is 14.4. The SMILES string of the molecule is CCOc1ccc(NC(=O)c2ccc(C)c(Cl)c2)cc1. The number of benzene rings is 2. The van der Waals surface area contributed by atoms with Crippen molar-refractivity contribution in [2.24, 2.45) is 0 Å². The van der Waals surface area contributed by atoms with Crippen molar-refractivity contribution in [3.8, 4) is 5.75 Å². The first-order valence-electron chi connectivity index (χ1n) is 6.40. The molecule has 2 aromatic carbocycles.